The molecule has 1 aromatic heterocycles. The second-order valence-electron chi connectivity index (χ2n) is 10.5. The Hall–Kier alpha value is -3.49. The maximum absolute atomic E-state index is 13.4. The van der Waals surface area contributed by atoms with Gasteiger partial charge >= 0.3 is 132 Å². The van der Waals surface area contributed by atoms with E-state index in [-0.39, 0.29) is 30.9 Å². The minimum absolute atomic E-state index is 0.0409. The monoisotopic (exact) mass is 629 g/mol. The molecule has 2 rings (SSSR count). The Morgan fingerprint density at radius 2 is 1.63 bits per heavy atom. The largest absolute Gasteiger partial charge is 0.459 e. The summed E-state index contributed by atoms with van der Waals surface area (Å²) in [6, 6.07) is 5.45. The number of nitrogens with one attached hydrogen (secondary N) is 4. The van der Waals surface area contributed by atoms with Crippen molar-refractivity contribution in [1.82, 2.24) is 20.7 Å². The zero-order valence-corrected chi connectivity index (χ0v) is 26.8. The van der Waals surface area contributed by atoms with Crippen molar-refractivity contribution in [1.29, 1.82) is 0 Å². The molecular weight excluding hydrogens is 592 g/mol. The molecule has 1 atom stereocenters. The summed E-state index contributed by atoms with van der Waals surface area (Å²) in [4.78, 5) is 31.3. The Balaban J connectivity index is 2.14. The Morgan fingerprint density at radius 3 is 2.19 bits per heavy atom. The number of benzene rings is 1. The number of hydrogen-bond donors (Lipinski definition) is 4. The van der Waals surface area contributed by atoms with E-state index in [1.165, 1.54) is 11.3 Å². The van der Waals surface area contributed by atoms with Crippen LogP contribution in [-0.2, 0) is 29.0 Å². The molecule has 4 N–H and O–H groups in total. The summed E-state index contributed by atoms with van der Waals surface area (Å²) in [5.41, 5.74) is 1.10. The van der Waals surface area contributed by atoms with Gasteiger partial charge < -0.3 is 4.74 Å². The SMILES string of the molecule is Cc1cc(C)c(S(=O)(=O)NC(CNC(=O)c2ccc(C=CCN=C(NCB=O)NCB=O)s2)C(=O)OC(C)(C)C)c(C)c1. The van der Waals surface area contributed by atoms with Crippen molar-refractivity contribution in [2.75, 3.05) is 26.0 Å². The number of ether oxygens (including phenoxy) is 1. The maximum atomic E-state index is 13.4. The zero-order chi connectivity index (χ0) is 32.2. The smallest absolute Gasteiger partial charge is 0.326 e. The predicted octanol–water partition coefficient (Wildman–Crippen LogP) is 1.65. The Kier molecular flexibility index (Phi) is 13.6. The molecule has 0 spiro atoms. The van der Waals surface area contributed by atoms with Crippen LogP contribution in [0.4, 0.5) is 0 Å². The number of aliphatic imine (C=N–C) groups is 1. The number of rotatable bonds is 14. The van der Waals surface area contributed by atoms with Crippen LogP contribution in [0.5, 0.6) is 0 Å². The van der Waals surface area contributed by atoms with Crippen LogP contribution in [0.25, 0.3) is 6.08 Å². The molecule has 2 aromatic rings. The molecule has 0 radical (unpaired) electrons. The number of sulfonamides is 1. The fourth-order valence-corrected chi connectivity index (χ4v) is 6.49. The average molecular weight is 629 g/mol. The van der Waals surface area contributed by atoms with Gasteiger partial charge in [-0.05, 0) is 52.7 Å². The van der Waals surface area contributed by atoms with E-state index >= 15 is 0 Å². The number of thiophene rings is 1. The minimum Gasteiger partial charge on any atom is -0.459 e. The van der Waals surface area contributed by atoms with Gasteiger partial charge in [-0.1, -0.05) is 17.7 Å². The molecule has 0 bridgehead atoms. The van der Waals surface area contributed by atoms with E-state index in [0.29, 0.717) is 36.3 Å². The van der Waals surface area contributed by atoms with Crippen LogP contribution in [0.15, 0.2) is 40.2 Å². The van der Waals surface area contributed by atoms with Gasteiger partial charge in [-0.25, -0.2) is 8.42 Å². The number of carbonyl (C=O) groups is 2. The van der Waals surface area contributed by atoms with Crippen LogP contribution in [0.3, 0.4) is 0 Å². The summed E-state index contributed by atoms with van der Waals surface area (Å²) in [6.07, 6.45) is 3.57. The van der Waals surface area contributed by atoms with Crippen molar-refractivity contribution in [2.24, 2.45) is 4.99 Å². The Labute approximate surface area is 257 Å². The summed E-state index contributed by atoms with van der Waals surface area (Å²) in [7, 11) is -2.80. The normalized spacial score (nSPS) is 12.1. The number of hydrogen-bond acceptors (Lipinski definition) is 9. The Morgan fingerprint density at radius 1 is 1.02 bits per heavy atom. The van der Waals surface area contributed by atoms with E-state index in [1.807, 2.05) is 6.92 Å². The molecule has 0 aliphatic heterocycles. The minimum atomic E-state index is -4.14. The second-order valence-corrected chi connectivity index (χ2v) is 13.3. The van der Waals surface area contributed by atoms with Gasteiger partial charge in [0.1, 0.15) is 11.6 Å². The molecule has 16 heteroatoms. The third-order valence-electron chi connectivity index (χ3n) is 5.52. The summed E-state index contributed by atoms with van der Waals surface area (Å²) in [6.45, 7) is 10.1. The number of guanidine groups is 1. The third kappa shape index (κ3) is 12.0. The number of esters is 1. The summed E-state index contributed by atoms with van der Waals surface area (Å²) >= 11 is 1.19. The van der Waals surface area contributed by atoms with Crippen LogP contribution >= 0.6 is 11.3 Å². The first-order valence-electron chi connectivity index (χ1n) is 13.4. The molecule has 1 unspecified atom stereocenters. The summed E-state index contributed by atoms with van der Waals surface area (Å²) in [5, 5.41) is 8.13. The van der Waals surface area contributed by atoms with Gasteiger partial charge in [-0.15, -0.1) is 0 Å². The Bertz CT molecular complexity index is 1450. The zero-order valence-electron chi connectivity index (χ0n) is 25.1. The first kappa shape index (κ1) is 35.7. The van der Waals surface area contributed by atoms with Gasteiger partial charge in [0.25, 0.3) is 0 Å². The first-order valence-corrected chi connectivity index (χ1v) is 15.7. The van der Waals surface area contributed by atoms with Crippen LogP contribution in [-0.4, -0.2) is 78.2 Å². The molecule has 0 fully saturated rings. The fourth-order valence-electron chi connectivity index (χ4n) is 3.99. The molecule has 0 saturated heterocycles. The van der Waals surface area contributed by atoms with Crippen LogP contribution < -0.4 is 20.7 Å². The van der Waals surface area contributed by atoms with Gasteiger partial charge in [0.05, 0.1) is 4.90 Å². The number of nitrogens with zero attached hydrogens (tertiary/aromatic N) is 1. The van der Waals surface area contributed by atoms with Crippen molar-refractivity contribution in [2.45, 2.75) is 58.1 Å². The van der Waals surface area contributed by atoms with E-state index in [9.17, 15) is 27.4 Å². The van der Waals surface area contributed by atoms with E-state index < -0.39 is 33.5 Å². The summed E-state index contributed by atoms with van der Waals surface area (Å²) in [5.74, 6) is -1.01. The topological polar surface area (TPSA) is 172 Å². The van der Waals surface area contributed by atoms with Crippen molar-refractivity contribution >= 4 is 59.6 Å². The molecule has 0 aliphatic carbocycles. The fraction of sp³-hybridized carbons (Fsp3) is 0.444. The number of carbonyl (C=O) groups excluding carboxylic acids is 2. The van der Waals surface area contributed by atoms with Gasteiger partial charge in [-0.2, -0.15) is 4.72 Å². The number of aryl methyl sites for hydroxylation is 3. The van der Waals surface area contributed by atoms with Crippen molar-refractivity contribution in [3.05, 3.63) is 56.8 Å². The van der Waals surface area contributed by atoms with Gasteiger partial charge in [-0.3, -0.25) is 4.79 Å². The molecular formula is C27H37B2N5O7S2. The third-order valence-corrected chi connectivity index (χ3v) is 8.35. The van der Waals surface area contributed by atoms with Crippen molar-refractivity contribution in [3.63, 3.8) is 0 Å². The molecule has 0 saturated carbocycles. The van der Waals surface area contributed by atoms with E-state index in [2.05, 4.69) is 25.7 Å². The van der Waals surface area contributed by atoms with Gasteiger partial charge in [0.2, 0.25) is 10.0 Å². The van der Waals surface area contributed by atoms with E-state index in [1.54, 1.807) is 71.0 Å². The molecule has 43 heavy (non-hydrogen) atoms. The molecule has 12 nitrogen and oxygen atoms in total. The van der Waals surface area contributed by atoms with Crippen LogP contribution in [0, 0.1) is 20.8 Å². The molecule has 1 amide bonds. The number of amides is 1. The second kappa shape index (κ2) is 16.4. The predicted molar refractivity (Wildman–Crippen MR) is 167 cm³/mol. The average Bonchev–Trinajstić information content (AvgIpc) is 3.37. The standard InChI is InChI=1S/C27H37B2N5O7S2/c1-17-12-18(2)23(19(3)13-17)43(39,40)34-21(25(36)41-27(4,5)6)14-31-24(35)22-10-9-20(42-22)8-7-11-30-26(32-15-28-37)33-16-29-38/h7-10,12-13,21,34H,11,14-16H2,1-6H3,(H,31,35)(H2,30,32,33). The van der Waals surface area contributed by atoms with E-state index in [0.717, 1.165) is 10.4 Å². The molecule has 1 aromatic carbocycles. The van der Waals surface area contributed by atoms with Crippen molar-refractivity contribution in [3.8, 4) is 0 Å². The quantitative estimate of drug-likeness (QED) is 0.105. The first-order chi connectivity index (χ1) is 20.2. The molecule has 230 valence electrons. The van der Waals surface area contributed by atoms with Gasteiger partial charge in [0, 0.05) is 6.54 Å². The molecule has 1 heterocycles. The van der Waals surface area contributed by atoms with Gasteiger partial charge in [0.15, 0.2) is 0 Å². The summed E-state index contributed by atoms with van der Waals surface area (Å²) < 4.78 is 55.7. The maximum Gasteiger partial charge on any atom is 0.326 e. The van der Waals surface area contributed by atoms with Crippen molar-refractivity contribution < 1.29 is 32.2 Å². The van der Waals surface area contributed by atoms with Crippen LogP contribution in [0.1, 0.15) is 52.0 Å². The van der Waals surface area contributed by atoms with Crippen LogP contribution in [0.2, 0.25) is 0 Å². The van der Waals surface area contributed by atoms with E-state index in [4.69, 9.17) is 4.74 Å². The molecule has 0 aliphatic rings.